The second kappa shape index (κ2) is 8.06. The average Bonchev–Trinajstić information content (AvgIpc) is 2.01. The Bertz CT molecular complexity index is 65.3. The highest BCUT2D eigenvalue weighted by Gasteiger charge is 1.99. The summed E-state index contributed by atoms with van der Waals surface area (Å²) in [6, 6.07) is 0. The zero-order chi connectivity index (χ0) is 8.53. The van der Waals surface area contributed by atoms with E-state index in [2.05, 4.69) is 25.7 Å². The molecular weight excluding hydrogens is 134 g/mol. The van der Waals surface area contributed by atoms with Crippen molar-refractivity contribution in [1.29, 1.82) is 0 Å². The normalized spacial score (nSPS) is 10.9. The van der Waals surface area contributed by atoms with Gasteiger partial charge < -0.3 is 4.90 Å². The molecule has 0 heterocycles. The number of nitrogens with zero attached hydrogens (tertiary/aromatic N) is 1. The largest absolute Gasteiger partial charge is 0.303 e. The predicted molar refractivity (Wildman–Crippen MR) is 51.9 cm³/mol. The molecule has 0 aromatic carbocycles. The molecule has 0 saturated carbocycles. The van der Waals surface area contributed by atoms with E-state index in [9.17, 15) is 0 Å². The summed E-state index contributed by atoms with van der Waals surface area (Å²) in [5.41, 5.74) is 0. The molecule has 0 spiro atoms. The van der Waals surface area contributed by atoms with E-state index in [0.717, 1.165) is 0 Å². The topological polar surface area (TPSA) is 3.24 Å². The zero-order valence-electron chi connectivity index (χ0n) is 8.40. The predicted octanol–water partition coefficient (Wildman–Crippen LogP) is 2.91. The van der Waals surface area contributed by atoms with Crippen LogP contribution in [0.15, 0.2) is 0 Å². The summed E-state index contributed by atoms with van der Waals surface area (Å²) >= 11 is 0. The SMILES string of the molecule is CCCCN(CCC)CCC. The van der Waals surface area contributed by atoms with Gasteiger partial charge in [-0.3, -0.25) is 0 Å². The Morgan fingerprint density at radius 1 is 0.727 bits per heavy atom. The minimum atomic E-state index is 1.29. The van der Waals surface area contributed by atoms with E-state index in [-0.39, 0.29) is 0 Å². The number of hydrogen-bond donors (Lipinski definition) is 0. The number of unbranched alkanes of at least 4 members (excludes halogenated alkanes) is 1. The average molecular weight is 157 g/mol. The third-order valence-electron chi connectivity index (χ3n) is 1.91. The summed E-state index contributed by atoms with van der Waals surface area (Å²) in [4.78, 5) is 2.57. The van der Waals surface area contributed by atoms with Gasteiger partial charge in [-0.2, -0.15) is 0 Å². The summed E-state index contributed by atoms with van der Waals surface area (Å²) < 4.78 is 0. The molecule has 0 amide bonds. The van der Waals surface area contributed by atoms with Gasteiger partial charge in [-0.05, 0) is 38.9 Å². The lowest BCUT2D eigenvalue weighted by Gasteiger charge is -2.20. The zero-order valence-corrected chi connectivity index (χ0v) is 8.40. The first-order valence-corrected chi connectivity index (χ1v) is 5.07. The Morgan fingerprint density at radius 2 is 1.27 bits per heavy atom. The van der Waals surface area contributed by atoms with Crippen LogP contribution in [-0.2, 0) is 0 Å². The van der Waals surface area contributed by atoms with Crippen molar-refractivity contribution in [1.82, 2.24) is 4.90 Å². The van der Waals surface area contributed by atoms with Gasteiger partial charge in [0.05, 0.1) is 0 Å². The van der Waals surface area contributed by atoms with Gasteiger partial charge in [0.2, 0.25) is 0 Å². The lowest BCUT2D eigenvalue weighted by Crippen LogP contribution is -2.26. The fraction of sp³-hybridized carbons (Fsp3) is 1.00. The lowest BCUT2D eigenvalue weighted by atomic mass is 10.3. The quantitative estimate of drug-likeness (QED) is 0.549. The van der Waals surface area contributed by atoms with Crippen LogP contribution in [-0.4, -0.2) is 24.5 Å². The van der Waals surface area contributed by atoms with Gasteiger partial charge in [0, 0.05) is 0 Å². The molecule has 0 radical (unpaired) electrons. The fourth-order valence-electron chi connectivity index (χ4n) is 1.35. The van der Waals surface area contributed by atoms with Crippen LogP contribution in [0.2, 0.25) is 0 Å². The monoisotopic (exact) mass is 157 g/mol. The van der Waals surface area contributed by atoms with Crippen molar-refractivity contribution in [2.45, 2.75) is 46.5 Å². The lowest BCUT2D eigenvalue weighted by molar-refractivity contribution is 0.270. The van der Waals surface area contributed by atoms with Crippen molar-refractivity contribution in [3.63, 3.8) is 0 Å². The number of hydrogen-bond acceptors (Lipinski definition) is 1. The molecule has 0 rings (SSSR count). The summed E-state index contributed by atoms with van der Waals surface area (Å²) in [6.07, 6.45) is 5.28. The Morgan fingerprint density at radius 3 is 1.64 bits per heavy atom. The fourth-order valence-corrected chi connectivity index (χ4v) is 1.35. The van der Waals surface area contributed by atoms with Crippen molar-refractivity contribution in [2.75, 3.05) is 19.6 Å². The second-order valence-corrected chi connectivity index (χ2v) is 3.20. The van der Waals surface area contributed by atoms with Crippen molar-refractivity contribution >= 4 is 0 Å². The Balaban J connectivity index is 3.34. The van der Waals surface area contributed by atoms with Gasteiger partial charge in [-0.15, -0.1) is 0 Å². The summed E-state index contributed by atoms with van der Waals surface area (Å²) in [7, 11) is 0. The molecule has 0 saturated heterocycles. The molecule has 0 aromatic rings. The van der Waals surface area contributed by atoms with Gasteiger partial charge in [0.25, 0.3) is 0 Å². The molecule has 0 atom stereocenters. The van der Waals surface area contributed by atoms with Crippen LogP contribution in [0.1, 0.15) is 46.5 Å². The van der Waals surface area contributed by atoms with Crippen molar-refractivity contribution in [3.05, 3.63) is 0 Å². The van der Waals surface area contributed by atoms with Crippen LogP contribution in [0, 0.1) is 0 Å². The van der Waals surface area contributed by atoms with Gasteiger partial charge >= 0.3 is 0 Å². The minimum absolute atomic E-state index is 1.29. The van der Waals surface area contributed by atoms with Gasteiger partial charge in [0.15, 0.2) is 0 Å². The molecule has 1 heteroatoms. The van der Waals surface area contributed by atoms with E-state index >= 15 is 0 Å². The van der Waals surface area contributed by atoms with Crippen LogP contribution in [0.25, 0.3) is 0 Å². The van der Waals surface area contributed by atoms with Crippen LogP contribution in [0.3, 0.4) is 0 Å². The van der Waals surface area contributed by atoms with E-state index in [1.807, 2.05) is 0 Å². The van der Waals surface area contributed by atoms with Crippen molar-refractivity contribution in [3.8, 4) is 0 Å². The maximum absolute atomic E-state index is 2.57. The molecule has 0 unspecified atom stereocenters. The van der Waals surface area contributed by atoms with E-state index in [1.165, 1.54) is 45.3 Å². The summed E-state index contributed by atoms with van der Waals surface area (Å²) in [5, 5.41) is 0. The van der Waals surface area contributed by atoms with Crippen LogP contribution in [0.4, 0.5) is 0 Å². The first kappa shape index (κ1) is 11.0. The number of rotatable bonds is 7. The molecule has 1 nitrogen and oxygen atoms in total. The van der Waals surface area contributed by atoms with E-state index < -0.39 is 0 Å². The van der Waals surface area contributed by atoms with Gasteiger partial charge in [-0.25, -0.2) is 0 Å². The van der Waals surface area contributed by atoms with E-state index in [0.29, 0.717) is 0 Å². The Labute approximate surface area is 71.8 Å². The first-order chi connectivity index (χ1) is 5.35. The highest BCUT2D eigenvalue weighted by molar-refractivity contribution is 4.54. The van der Waals surface area contributed by atoms with Crippen LogP contribution in [0.5, 0.6) is 0 Å². The molecule has 68 valence electrons. The van der Waals surface area contributed by atoms with Crippen molar-refractivity contribution in [2.24, 2.45) is 0 Å². The highest BCUT2D eigenvalue weighted by Crippen LogP contribution is 1.97. The molecule has 0 aliphatic heterocycles. The molecule has 0 fully saturated rings. The second-order valence-electron chi connectivity index (χ2n) is 3.20. The van der Waals surface area contributed by atoms with E-state index in [1.54, 1.807) is 0 Å². The highest BCUT2D eigenvalue weighted by atomic mass is 15.1. The summed E-state index contributed by atoms with van der Waals surface area (Å²) in [5.74, 6) is 0. The van der Waals surface area contributed by atoms with E-state index in [4.69, 9.17) is 0 Å². The Hall–Kier alpha value is -0.0400. The molecule has 0 aliphatic carbocycles. The first-order valence-electron chi connectivity index (χ1n) is 5.07. The maximum Gasteiger partial charge on any atom is -0.00188 e. The van der Waals surface area contributed by atoms with Crippen LogP contribution < -0.4 is 0 Å². The van der Waals surface area contributed by atoms with Crippen LogP contribution >= 0.6 is 0 Å². The molecule has 0 bridgehead atoms. The third-order valence-corrected chi connectivity index (χ3v) is 1.91. The third kappa shape index (κ3) is 6.36. The maximum atomic E-state index is 2.57. The molecule has 0 aromatic heterocycles. The summed E-state index contributed by atoms with van der Waals surface area (Å²) in [6.45, 7) is 10.7. The molecule has 0 aliphatic rings. The minimum Gasteiger partial charge on any atom is -0.303 e. The molecule has 0 N–H and O–H groups in total. The van der Waals surface area contributed by atoms with Gasteiger partial charge in [0.1, 0.15) is 0 Å². The molecule has 11 heavy (non-hydrogen) atoms. The molecular formula is C10H23N. The Kier molecular flexibility index (Phi) is 8.03. The standard InChI is InChI=1S/C10H23N/c1-4-7-10-11(8-5-2)9-6-3/h4-10H2,1-3H3. The van der Waals surface area contributed by atoms with Gasteiger partial charge in [-0.1, -0.05) is 27.2 Å². The smallest absolute Gasteiger partial charge is 0.00188 e. The van der Waals surface area contributed by atoms with Crippen molar-refractivity contribution < 1.29 is 0 Å².